The molecule has 0 spiro atoms. The van der Waals surface area contributed by atoms with Crippen LogP contribution in [0.5, 0.6) is 0 Å². The Balaban J connectivity index is 1.67. The van der Waals surface area contributed by atoms with E-state index in [4.69, 9.17) is 0 Å². The minimum Gasteiger partial charge on any atom is -0.361 e. The van der Waals surface area contributed by atoms with E-state index in [-0.39, 0.29) is 0 Å². The van der Waals surface area contributed by atoms with Gasteiger partial charge in [-0.1, -0.05) is 30.3 Å². The fourth-order valence-electron chi connectivity index (χ4n) is 3.44. The van der Waals surface area contributed by atoms with Crippen LogP contribution in [0.4, 0.5) is 5.69 Å². The summed E-state index contributed by atoms with van der Waals surface area (Å²) in [6.07, 6.45) is 8.81. The van der Waals surface area contributed by atoms with Crippen LogP contribution in [0, 0.1) is 0 Å². The van der Waals surface area contributed by atoms with Crippen LogP contribution in [-0.4, -0.2) is 24.1 Å². The Morgan fingerprint density at radius 2 is 1.79 bits per heavy atom. The summed E-state index contributed by atoms with van der Waals surface area (Å²) in [6, 6.07) is 19.9. The maximum absolute atomic E-state index is 3.46. The van der Waals surface area contributed by atoms with E-state index in [0.717, 1.165) is 13.1 Å². The highest BCUT2D eigenvalue weighted by atomic mass is 15.2. The Labute approximate surface area is 143 Å². The largest absolute Gasteiger partial charge is 0.361 e. The summed E-state index contributed by atoms with van der Waals surface area (Å²) in [5.74, 6) is 0. The molecule has 1 aromatic heterocycles. The molecule has 3 nitrogen and oxygen atoms in total. The summed E-state index contributed by atoms with van der Waals surface area (Å²) in [7, 11) is 0. The van der Waals surface area contributed by atoms with Crippen LogP contribution in [0.1, 0.15) is 18.4 Å². The first kappa shape index (κ1) is 15.0. The van der Waals surface area contributed by atoms with Crippen LogP contribution in [0.2, 0.25) is 0 Å². The van der Waals surface area contributed by atoms with Crippen molar-refractivity contribution >= 4 is 22.7 Å². The Hall–Kier alpha value is -2.52. The van der Waals surface area contributed by atoms with Crippen molar-refractivity contribution in [2.24, 2.45) is 0 Å². The summed E-state index contributed by atoms with van der Waals surface area (Å²) < 4.78 is 0. The number of aromatic amines is 1. The summed E-state index contributed by atoms with van der Waals surface area (Å²) in [6.45, 7) is 2.18. The van der Waals surface area contributed by atoms with E-state index in [1.54, 1.807) is 0 Å². The summed E-state index contributed by atoms with van der Waals surface area (Å²) >= 11 is 0. The monoisotopic (exact) mass is 317 g/mol. The Bertz CT molecular complexity index is 813. The number of anilines is 1. The highest BCUT2D eigenvalue weighted by molar-refractivity contribution is 5.83. The molecule has 2 N–H and O–H groups in total. The molecule has 1 aliphatic rings. The van der Waals surface area contributed by atoms with Crippen molar-refractivity contribution in [1.82, 2.24) is 10.3 Å². The smallest absolute Gasteiger partial charge is 0.0455 e. The second-order valence-corrected chi connectivity index (χ2v) is 6.36. The van der Waals surface area contributed by atoms with E-state index in [9.17, 15) is 0 Å². The molecule has 122 valence electrons. The van der Waals surface area contributed by atoms with Gasteiger partial charge in [0.15, 0.2) is 0 Å². The zero-order chi connectivity index (χ0) is 16.2. The molecule has 1 fully saturated rings. The number of nitrogens with zero attached hydrogens (tertiary/aromatic N) is 1. The first-order chi connectivity index (χ1) is 11.9. The molecule has 1 aliphatic heterocycles. The lowest BCUT2D eigenvalue weighted by Gasteiger charge is -2.34. The van der Waals surface area contributed by atoms with E-state index in [0.29, 0.717) is 6.04 Å². The third-order valence-electron chi connectivity index (χ3n) is 4.76. The van der Waals surface area contributed by atoms with Gasteiger partial charge in [-0.25, -0.2) is 0 Å². The fourth-order valence-corrected chi connectivity index (χ4v) is 3.44. The van der Waals surface area contributed by atoms with Gasteiger partial charge in [0.1, 0.15) is 0 Å². The highest BCUT2D eigenvalue weighted by Crippen LogP contribution is 2.26. The summed E-state index contributed by atoms with van der Waals surface area (Å²) in [4.78, 5) is 5.72. The van der Waals surface area contributed by atoms with E-state index in [2.05, 4.69) is 82.1 Å². The lowest BCUT2D eigenvalue weighted by molar-refractivity contribution is 0.450. The molecule has 1 saturated heterocycles. The quantitative estimate of drug-likeness (QED) is 0.747. The molecule has 0 atom stereocenters. The number of benzene rings is 2. The molecule has 0 unspecified atom stereocenters. The zero-order valence-electron chi connectivity index (χ0n) is 13.8. The van der Waals surface area contributed by atoms with Crippen molar-refractivity contribution in [3.8, 4) is 0 Å². The molecule has 4 rings (SSSR count). The number of hydrogen-bond donors (Lipinski definition) is 2. The molecule has 0 saturated carbocycles. The minimum absolute atomic E-state index is 0.544. The molecule has 24 heavy (non-hydrogen) atoms. The number of rotatable bonds is 4. The van der Waals surface area contributed by atoms with Gasteiger partial charge in [0.25, 0.3) is 0 Å². The molecule has 0 aliphatic carbocycles. The van der Waals surface area contributed by atoms with Gasteiger partial charge in [0, 0.05) is 35.0 Å². The second kappa shape index (κ2) is 6.93. The molecular formula is C21H23N3. The Morgan fingerprint density at radius 3 is 2.62 bits per heavy atom. The average Bonchev–Trinajstić information content (AvgIpc) is 3.12. The highest BCUT2D eigenvalue weighted by Gasteiger charge is 2.20. The summed E-state index contributed by atoms with van der Waals surface area (Å²) in [5, 5.41) is 4.73. The molecule has 2 heterocycles. The number of nitrogens with one attached hydrogen (secondary N) is 2. The Morgan fingerprint density at radius 1 is 0.958 bits per heavy atom. The van der Waals surface area contributed by atoms with Gasteiger partial charge in [-0.15, -0.1) is 0 Å². The first-order valence-corrected chi connectivity index (χ1v) is 8.70. The lowest BCUT2D eigenvalue weighted by atomic mass is 10.0. The van der Waals surface area contributed by atoms with Crippen molar-refractivity contribution in [2.45, 2.75) is 18.9 Å². The van der Waals surface area contributed by atoms with E-state index < -0.39 is 0 Å². The molecule has 3 aromatic rings. The van der Waals surface area contributed by atoms with Crippen molar-refractivity contribution in [3.05, 3.63) is 72.6 Å². The third kappa shape index (κ3) is 3.22. The van der Waals surface area contributed by atoms with Gasteiger partial charge in [-0.05, 0) is 61.8 Å². The van der Waals surface area contributed by atoms with E-state index >= 15 is 0 Å². The molecule has 0 bridgehead atoms. The number of aromatic nitrogens is 1. The fraction of sp³-hybridized carbons (Fsp3) is 0.238. The second-order valence-electron chi connectivity index (χ2n) is 6.36. The molecular weight excluding hydrogens is 294 g/mol. The molecule has 2 aromatic carbocycles. The summed E-state index contributed by atoms with van der Waals surface area (Å²) in [5.41, 5.74) is 3.69. The van der Waals surface area contributed by atoms with E-state index in [1.807, 2.05) is 6.20 Å². The van der Waals surface area contributed by atoms with Gasteiger partial charge in [0.05, 0.1) is 0 Å². The van der Waals surface area contributed by atoms with Gasteiger partial charge in [0.2, 0.25) is 0 Å². The van der Waals surface area contributed by atoms with E-state index in [1.165, 1.54) is 35.0 Å². The number of hydrogen-bond acceptors (Lipinski definition) is 2. The normalized spacial score (nSPS) is 16.0. The SMILES string of the molecule is C(=CN(c1ccc2[nH]ccc2c1)C1CCNCC1)c1ccccc1. The van der Waals surface area contributed by atoms with Crippen molar-refractivity contribution in [2.75, 3.05) is 18.0 Å². The Kier molecular flexibility index (Phi) is 4.34. The van der Waals surface area contributed by atoms with Crippen LogP contribution >= 0.6 is 0 Å². The average molecular weight is 317 g/mol. The van der Waals surface area contributed by atoms with Crippen LogP contribution in [-0.2, 0) is 0 Å². The maximum atomic E-state index is 3.46. The molecule has 0 amide bonds. The van der Waals surface area contributed by atoms with Gasteiger partial charge in [-0.3, -0.25) is 0 Å². The van der Waals surface area contributed by atoms with Gasteiger partial charge < -0.3 is 15.2 Å². The maximum Gasteiger partial charge on any atom is 0.0455 e. The molecule has 0 radical (unpaired) electrons. The standard InChI is InChI=1S/C21H23N3/c1-2-4-17(5-3-1)11-15-24(19-9-12-22-13-10-19)20-6-7-21-18(16-20)8-14-23-21/h1-8,11,14-16,19,22-23H,9-10,12-13H2. The number of fused-ring (bicyclic) bond motifs is 1. The van der Waals surface area contributed by atoms with Gasteiger partial charge in [-0.2, -0.15) is 0 Å². The van der Waals surface area contributed by atoms with Crippen LogP contribution in [0.15, 0.2) is 67.0 Å². The van der Waals surface area contributed by atoms with Crippen LogP contribution in [0.25, 0.3) is 17.0 Å². The van der Waals surface area contributed by atoms with Crippen LogP contribution in [0.3, 0.4) is 0 Å². The predicted octanol–water partition coefficient (Wildman–Crippen LogP) is 4.40. The van der Waals surface area contributed by atoms with Crippen LogP contribution < -0.4 is 10.2 Å². The first-order valence-electron chi connectivity index (χ1n) is 8.70. The van der Waals surface area contributed by atoms with Crippen molar-refractivity contribution < 1.29 is 0 Å². The predicted molar refractivity (Wildman–Crippen MR) is 102 cm³/mol. The van der Waals surface area contributed by atoms with Crippen molar-refractivity contribution in [3.63, 3.8) is 0 Å². The lowest BCUT2D eigenvalue weighted by Crippen LogP contribution is -2.40. The van der Waals surface area contributed by atoms with Crippen molar-refractivity contribution in [1.29, 1.82) is 0 Å². The van der Waals surface area contributed by atoms with Gasteiger partial charge >= 0.3 is 0 Å². The number of H-pyrrole nitrogens is 1. The number of piperidine rings is 1. The minimum atomic E-state index is 0.544. The zero-order valence-corrected chi connectivity index (χ0v) is 13.8. The molecule has 3 heteroatoms. The topological polar surface area (TPSA) is 31.1 Å². The third-order valence-corrected chi connectivity index (χ3v) is 4.76.